The topological polar surface area (TPSA) is 72.2 Å². The molecule has 1 N–H and O–H groups in total. The number of nitrogens with zero attached hydrogens (tertiary/aromatic N) is 4. The molecule has 2 aromatic carbocycles. The van der Waals surface area contributed by atoms with E-state index < -0.39 is 5.82 Å². The number of ketones is 1. The Morgan fingerprint density at radius 2 is 1.93 bits per heavy atom. The number of hydrogen-bond donors (Lipinski definition) is 1. The number of aryl methyl sites for hydroxylation is 1. The summed E-state index contributed by atoms with van der Waals surface area (Å²) in [4.78, 5) is 21.3. The minimum Gasteiger partial charge on any atom is -0.376 e. The van der Waals surface area contributed by atoms with Gasteiger partial charge in [0.2, 0.25) is 0 Å². The number of nitrogens with one attached hydrogen (secondary N) is 1. The fraction of sp³-hybridized carbons (Fsp3) is 0.200. The average Bonchev–Trinajstić information content (AvgIpc) is 3.10. The molecule has 28 heavy (non-hydrogen) atoms. The minimum atomic E-state index is -0.495. The molecule has 140 valence electrons. The summed E-state index contributed by atoms with van der Waals surface area (Å²) in [6.45, 7) is -0.0459. The quantitative estimate of drug-likeness (QED) is 0.743. The van der Waals surface area contributed by atoms with Crippen LogP contribution < -0.4 is 5.32 Å². The van der Waals surface area contributed by atoms with Crippen LogP contribution in [0.4, 0.5) is 14.5 Å². The Balaban J connectivity index is 1.76. The van der Waals surface area contributed by atoms with Gasteiger partial charge in [-0.3, -0.25) is 14.5 Å². The van der Waals surface area contributed by atoms with Gasteiger partial charge in [0.25, 0.3) is 0 Å². The predicted octanol–water partition coefficient (Wildman–Crippen LogP) is 3.03. The van der Waals surface area contributed by atoms with E-state index in [1.54, 1.807) is 23.9 Å². The predicted molar refractivity (Wildman–Crippen MR) is 98.6 cm³/mol. The van der Waals surface area contributed by atoms with Crippen LogP contribution in [0.3, 0.4) is 0 Å². The Morgan fingerprint density at radius 1 is 1.14 bits per heavy atom. The van der Waals surface area contributed by atoms with E-state index in [1.165, 1.54) is 30.6 Å². The van der Waals surface area contributed by atoms with Crippen LogP contribution in [0.25, 0.3) is 0 Å². The maximum Gasteiger partial charge on any atom is 0.185 e. The van der Waals surface area contributed by atoms with Gasteiger partial charge in [-0.2, -0.15) is 5.10 Å². The second-order valence-corrected chi connectivity index (χ2v) is 6.89. The van der Waals surface area contributed by atoms with Gasteiger partial charge in [-0.25, -0.2) is 13.8 Å². The molecule has 3 heterocycles. The summed E-state index contributed by atoms with van der Waals surface area (Å²) < 4.78 is 29.3. The number of carbonyl (C=O) groups excluding carboxylic acids is 1. The summed E-state index contributed by atoms with van der Waals surface area (Å²) >= 11 is 0. The molecule has 0 bridgehead atoms. The fourth-order valence-electron chi connectivity index (χ4n) is 4.00. The normalized spacial score (nSPS) is 20.4. The van der Waals surface area contributed by atoms with E-state index in [2.05, 4.69) is 20.4 Å². The Bertz CT molecular complexity index is 1140. The van der Waals surface area contributed by atoms with E-state index in [-0.39, 0.29) is 30.1 Å². The second kappa shape index (κ2) is 6.05. The average molecular weight is 379 g/mol. The molecular formula is C20H15F2N5O. The summed E-state index contributed by atoms with van der Waals surface area (Å²) in [6, 6.07) is 8.34. The van der Waals surface area contributed by atoms with Gasteiger partial charge >= 0.3 is 0 Å². The highest BCUT2D eigenvalue weighted by molar-refractivity contribution is 6.21. The largest absolute Gasteiger partial charge is 0.376 e. The number of aromatic nitrogens is 3. The molecule has 0 fully saturated rings. The molecule has 0 saturated heterocycles. The number of carbonyl (C=O) groups is 1. The van der Waals surface area contributed by atoms with Crippen molar-refractivity contribution >= 4 is 17.2 Å². The van der Waals surface area contributed by atoms with E-state index in [1.807, 2.05) is 0 Å². The van der Waals surface area contributed by atoms with Crippen LogP contribution in [0.2, 0.25) is 0 Å². The molecule has 0 unspecified atom stereocenters. The maximum atomic E-state index is 14.2. The van der Waals surface area contributed by atoms with Crippen molar-refractivity contribution in [2.45, 2.75) is 12.0 Å². The number of aliphatic imine (C=N–C) groups is 1. The van der Waals surface area contributed by atoms with Gasteiger partial charge in [0.1, 0.15) is 30.3 Å². The lowest BCUT2D eigenvalue weighted by Gasteiger charge is -2.37. The van der Waals surface area contributed by atoms with Crippen LogP contribution in [0.15, 0.2) is 47.7 Å². The van der Waals surface area contributed by atoms with Crippen LogP contribution in [0.1, 0.15) is 39.3 Å². The number of halogens is 2. The molecule has 6 nitrogen and oxygen atoms in total. The molecule has 1 aromatic heterocycles. The van der Waals surface area contributed by atoms with Crippen molar-refractivity contribution < 1.29 is 13.6 Å². The first-order valence-electron chi connectivity index (χ1n) is 8.80. The Hall–Kier alpha value is -3.42. The summed E-state index contributed by atoms with van der Waals surface area (Å²) in [5.41, 5.74) is 2.87. The second-order valence-electron chi connectivity index (χ2n) is 6.89. The zero-order chi connectivity index (χ0) is 19.4. The molecule has 3 aromatic rings. The first-order valence-corrected chi connectivity index (χ1v) is 8.80. The van der Waals surface area contributed by atoms with Crippen LogP contribution in [0, 0.1) is 11.6 Å². The van der Waals surface area contributed by atoms with Gasteiger partial charge in [-0.15, -0.1) is 0 Å². The molecule has 2 aliphatic rings. The fourth-order valence-corrected chi connectivity index (χ4v) is 4.00. The Morgan fingerprint density at radius 3 is 2.64 bits per heavy atom. The van der Waals surface area contributed by atoms with Gasteiger partial charge in [-0.1, -0.05) is 12.1 Å². The standard InChI is InChI=1S/C20H15F2N5O/c1-27-20(24-9-25-27)17-18(10-2-4-11(21)5-3-10)26-14-7-12(22)6-13-15(28)8-23-19(17)16(13)14/h2-7,9,17-18,26H,8H2,1H3/t17-,18-/m0/s1. The number of Topliss-reactive ketones (excluding diaryl/α,β-unsaturated/α-hetero) is 1. The molecule has 8 heteroatoms. The highest BCUT2D eigenvalue weighted by atomic mass is 19.1. The zero-order valence-corrected chi connectivity index (χ0v) is 14.9. The minimum absolute atomic E-state index is 0.0459. The van der Waals surface area contributed by atoms with Crippen molar-refractivity contribution in [2.24, 2.45) is 12.0 Å². The van der Waals surface area contributed by atoms with Gasteiger partial charge in [0, 0.05) is 23.9 Å². The van der Waals surface area contributed by atoms with E-state index >= 15 is 0 Å². The Labute approximate surface area is 158 Å². The number of anilines is 1. The summed E-state index contributed by atoms with van der Waals surface area (Å²) in [6.07, 6.45) is 1.45. The van der Waals surface area contributed by atoms with Gasteiger partial charge in [0.05, 0.1) is 17.7 Å². The lowest BCUT2D eigenvalue weighted by Crippen LogP contribution is -2.37. The third-order valence-corrected chi connectivity index (χ3v) is 5.25. The molecule has 5 rings (SSSR count). The first-order chi connectivity index (χ1) is 13.5. The van der Waals surface area contributed by atoms with Gasteiger partial charge in [0.15, 0.2) is 5.78 Å². The summed E-state index contributed by atoms with van der Waals surface area (Å²) in [5.74, 6) is -0.785. The molecule has 2 aliphatic heterocycles. The third-order valence-electron chi connectivity index (χ3n) is 5.25. The number of benzene rings is 2. The van der Waals surface area contributed by atoms with Gasteiger partial charge < -0.3 is 5.32 Å². The Kier molecular flexibility index (Phi) is 3.61. The van der Waals surface area contributed by atoms with Crippen molar-refractivity contribution in [2.75, 3.05) is 11.9 Å². The molecule has 0 radical (unpaired) electrons. The van der Waals surface area contributed by atoms with E-state index in [0.717, 1.165) is 5.56 Å². The summed E-state index contributed by atoms with van der Waals surface area (Å²) in [7, 11) is 1.78. The highest BCUT2D eigenvalue weighted by Gasteiger charge is 2.42. The van der Waals surface area contributed by atoms with Crippen LogP contribution >= 0.6 is 0 Å². The van der Waals surface area contributed by atoms with Crippen LogP contribution in [0.5, 0.6) is 0 Å². The molecular weight excluding hydrogens is 364 g/mol. The third kappa shape index (κ3) is 2.45. The lowest BCUT2D eigenvalue weighted by molar-refractivity contribution is 0.0999. The van der Waals surface area contributed by atoms with E-state index in [0.29, 0.717) is 28.4 Å². The van der Waals surface area contributed by atoms with E-state index in [4.69, 9.17) is 0 Å². The monoisotopic (exact) mass is 379 g/mol. The zero-order valence-electron chi connectivity index (χ0n) is 14.9. The maximum absolute atomic E-state index is 14.2. The lowest BCUT2D eigenvalue weighted by atomic mass is 9.78. The van der Waals surface area contributed by atoms with Crippen molar-refractivity contribution in [3.05, 3.63) is 76.9 Å². The number of hydrogen-bond acceptors (Lipinski definition) is 5. The van der Waals surface area contributed by atoms with Crippen molar-refractivity contribution in [1.29, 1.82) is 0 Å². The number of rotatable bonds is 2. The first kappa shape index (κ1) is 16.7. The van der Waals surface area contributed by atoms with Crippen molar-refractivity contribution in [3.8, 4) is 0 Å². The van der Waals surface area contributed by atoms with Crippen LogP contribution in [-0.2, 0) is 7.05 Å². The van der Waals surface area contributed by atoms with Gasteiger partial charge in [-0.05, 0) is 29.8 Å². The van der Waals surface area contributed by atoms with Crippen molar-refractivity contribution in [3.63, 3.8) is 0 Å². The molecule has 0 saturated carbocycles. The molecule has 0 amide bonds. The smallest absolute Gasteiger partial charge is 0.185 e. The summed E-state index contributed by atoms with van der Waals surface area (Å²) in [5, 5.41) is 7.49. The molecule has 0 spiro atoms. The van der Waals surface area contributed by atoms with E-state index in [9.17, 15) is 13.6 Å². The van der Waals surface area contributed by atoms with Crippen molar-refractivity contribution in [1.82, 2.24) is 14.8 Å². The molecule has 2 atom stereocenters. The molecule has 0 aliphatic carbocycles. The SMILES string of the molecule is Cn1ncnc1[C@@H]1C2=NCC(=O)c3cc(F)cc(c32)N[C@H]1c1ccc(F)cc1. The highest BCUT2D eigenvalue weighted by Crippen LogP contribution is 2.44. The van der Waals surface area contributed by atoms with Crippen LogP contribution in [-0.4, -0.2) is 32.8 Å².